The van der Waals surface area contributed by atoms with E-state index in [0.717, 1.165) is 37.1 Å². The highest BCUT2D eigenvalue weighted by molar-refractivity contribution is 7.91. The molecule has 0 spiro atoms. The first-order valence-electron chi connectivity index (χ1n) is 9.45. The molecule has 2 aliphatic heterocycles. The van der Waals surface area contributed by atoms with Crippen LogP contribution in [0.25, 0.3) is 0 Å². The smallest absolute Gasteiger partial charge is 0.252 e. The van der Waals surface area contributed by atoms with Crippen molar-refractivity contribution in [3.8, 4) is 0 Å². The third-order valence-corrected chi connectivity index (χ3v) is 9.87. The molecule has 146 valence electrons. The second kappa shape index (κ2) is 7.66. The van der Waals surface area contributed by atoms with E-state index in [1.807, 2.05) is 4.90 Å². The van der Waals surface area contributed by atoms with Crippen LogP contribution in [0.2, 0.25) is 0 Å². The SMILES string of the molecule is CCC1c2ccsc2CCN1C(=O)Cc1ccc(S(=O)(=O)N2CCCC2)s1. The number of sulfonamides is 1. The Morgan fingerprint density at radius 3 is 2.70 bits per heavy atom. The summed E-state index contributed by atoms with van der Waals surface area (Å²) in [6.07, 6.45) is 3.93. The van der Waals surface area contributed by atoms with Gasteiger partial charge in [0.25, 0.3) is 10.0 Å². The van der Waals surface area contributed by atoms with Gasteiger partial charge in [-0.1, -0.05) is 6.92 Å². The zero-order valence-electron chi connectivity index (χ0n) is 15.4. The van der Waals surface area contributed by atoms with Gasteiger partial charge in [0.15, 0.2) is 0 Å². The molecule has 27 heavy (non-hydrogen) atoms. The van der Waals surface area contributed by atoms with Gasteiger partial charge < -0.3 is 4.90 Å². The van der Waals surface area contributed by atoms with Crippen LogP contribution in [0.3, 0.4) is 0 Å². The third-order valence-electron chi connectivity index (χ3n) is 5.42. The van der Waals surface area contributed by atoms with Crippen molar-refractivity contribution in [2.24, 2.45) is 0 Å². The summed E-state index contributed by atoms with van der Waals surface area (Å²) in [7, 11) is -3.40. The largest absolute Gasteiger partial charge is 0.335 e. The predicted molar refractivity (Wildman–Crippen MR) is 109 cm³/mol. The zero-order valence-corrected chi connectivity index (χ0v) is 17.8. The summed E-state index contributed by atoms with van der Waals surface area (Å²) in [5.74, 6) is 0.0886. The molecule has 2 aromatic heterocycles. The van der Waals surface area contributed by atoms with E-state index >= 15 is 0 Å². The Kier molecular flexibility index (Phi) is 5.42. The number of thiophene rings is 2. The number of carbonyl (C=O) groups is 1. The van der Waals surface area contributed by atoms with Gasteiger partial charge in [-0.2, -0.15) is 4.31 Å². The molecule has 8 heteroatoms. The first-order chi connectivity index (χ1) is 13.0. The van der Waals surface area contributed by atoms with Crippen LogP contribution in [-0.4, -0.2) is 43.2 Å². The molecule has 4 heterocycles. The highest BCUT2D eigenvalue weighted by Gasteiger charge is 2.32. The highest BCUT2D eigenvalue weighted by atomic mass is 32.2. The Balaban J connectivity index is 1.48. The highest BCUT2D eigenvalue weighted by Crippen LogP contribution is 2.36. The summed E-state index contributed by atoms with van der Waals surface area (Å²) in [5.41, 5.74) is 1.28. The Bertz CT molecular complexity index is 926. The lowest BCUT2D eigenvalue weighted by molar-refractivity contribution is -0.133. The predicted octanol–water partition coefficient (Wildman–Crippen LogP) is 3.67. The monoisotopic (exact) mass is 424 g/mol. The molecule has 0 aliphatic carbocycles. The zero-order chi connectivity index (χ0) is 19.0. The molecule has 1 saturated heterocycles. The van der Waals surface area contributed by atoms with E-state index in [4.69, 9.17) is 0 Å². The van der Waals surface area contributed by atoms with E-state index in [1.54, 1.807) is 27.8 Å². The van der Waals surface area contributed by atoms with Crippen LogP contribution in [0.5, 0.6) is 0 Å². The Labute approximate surface area is 168 Å². The number of amides is 1. The number of hydrogen-bond acceptors (Lipinski definition) is 5. The Hall–Kier alpha value is -1.22. The van der Waals surface area contributed by atoms with Gasteiger partial charge in [0.05, 0.1) is 12.5 Å². The lowest BCUT2D eigenvalue weighted by atomic mass is 9.97. The van der Waals surface area contributed by atoms with E-state index in [2.05, 4.69) is 18.4 Å². The van der Waals surface area contributed by atoms with Crippen molar-refractivity contribution in [3.63, 3.8) is 0 Å². The molecule has 5 nitrogen and oxygen atoms in total. The van der Waals surface area contributed by atoms with Crippen LogP contribution in [0, 0.1) is 0 Å². The topological polar surface area (TPSA) is 57.7 Å². The van der Waals surface area contributed by atoms with Gasteiger partial charge in [-0.25, -0.2) is 8.42 Å². The van der Waals surface area contributed by atoms with Gasteiger partial charge in [0, 0.05) is 29.4 Å². The maximum atomic E-state index is 13.0. The number of nitrogens with zero attached hydrogens (tertiary/aromatic N) is 2. The molecule has 2 aliphatic rings. The van der Waals surface area contributed by atoms with Crippen molar-refractivity contribution >= 4 is 38.6 Å². The quantitative estimate of drug-likeness (QED) is 0.736. The molecule has 4 rings (SSSR count). The number of fused-ring (bicyclic) bond motifs is 1. The molecule has 1 unspecified atom stereocenters. The average Bonchev–Trinajstić information content (AvgIpc) is 3.40. The Morgan fingerprint density at radius 1 is 1.19 bits per heavy atom. The standard InChI is InChI=1S/C19H24N2O3S3/c1-2-16-15-8-12-25-17(15)7-11-21(16)18(22)13-14-5-6-19(26-14)27(23,24)20-9-3-4-10-20/h5-6,8,12,16H,2-4,7,9-11,13H2,1H3. The second-order valence-electron chi connectivity index (χ2n) is 7.07. The van der Waals surface area contributed by atoms with Crippen molar-refractivity contribution in [3.05, 3.63) is 38.9 Å². The normalized spacial score (nSPS) is 20.8. The Morgan fingerprint density at radius 2 is 1.96 bits per heavy atom. The first kappa shape index (κ1) is 19.1. The molecular weight excluding hydrogens is 400 g/mol. The van der Waals surface area contributed by atoms with Gasteiger partial charge in [-0.3, -0.25) is 4.79 Å². The molecule has 1 amide bonds. The molecule has 0 saturated carbocycles. The summed E-state index contributed by atoms with van der Waals surface area (Å²) in [6.45, 7) is 4.06. The van der Waals surface area contributed by atoms with Crippen LogP contribution in [0.15, 0.2) is 27.8 Å². The number of rotatable bonds is 5. The molecule has 0 aromatic carbocycles. The minimum absolute atomic E-state index is 0.0886. The fourth-order valence-corrected chi connectivity index (χ4v) is 7.98. The molecule has 2 aromatic rings. The van der Waals surface area contributed by atoms with E-state index in [9.17, 15) is 13.2 Å². The van der Waals surface area contributed by atoms with E-state index in [1.165, 1.54) is 21.8 Å². The molecule has 1 fully saturated rings. The molecule has 0 radical (unpaired) electrons. The second-order valence-corrected chi connectivity index (χ2v) is 11.4. The lowest BCUT2D eigenvalue weighted by Gasteiger charge is -2.35. The molecule has 0 N–H and O–H groups in total. The van der Waals surface area contributed by atoms with Crippen molar-refractivity contribution in [1.82, 2.24) is 9.21 Å². The molecule has 1 atom stereocenters. The summed E-state index contributed by atoms with van der Waals surface area (Å²) >= 11 is 3.01. The van der Waals surface area contributed by atoms with Crippen molar-refractivity contribution in [1.29, 1.82) is 0 Å². The molecular formula is C19H24N2O3S3. The first-order valence-corrected chi connectivity index (χ1v) is 12.6. The van der Waals surface area contributed by atoms with Crippen molar-refractivity contribution < 1.29 is 13.2 Å². The minimum Gasteiger partial charge on any atom is -0.335 e. The van der Waals surface area contributed by atoms with Gasteiger partial charge in [0.1, 0.15) is 4.21 Å². The van der Waals surface area contributed by atoms with Gasteiger partial charge in [0.2, 0.25) is 5.91 Å². The maximum Gasteiger partial charge on any atom is 0.252 e. The number of carbonyl (C=O) groups excluding carboxylic acids is 1. The van der Waals surface area contributed by atoms with Crippen LogP contribution in [-0.2, 0) is 27.7 Å². The summed E-state index contributed by atoms with van der Waals surface area (Å²) in [4.78, 5) is 17.1. The summed E-state index contributed by atoms with van der Waals surface area (Å²) in [6, 6.07) is 5.73. The van der Waals surface area contributed by atoms with Crippen LogP contribution < -0.4 is 0 Å². The molecule has 0 bridgehead atoms. The maximum absolute atomic E-state index is 13.0. The number of hydrogen-bond donors (Lipinski definition) is 0. The lowest BCUT2D eigenvalue weighted by Crippen LogP contribution is -2.40. The van der Waals surface area contributed by atoms with Crippen LogP contribution in [0.4, 0.5) is 0 Å². The fourth-order valence-electron chi connectivity index (χ4n) is 4.03. The van der Waals surface area contributed by atoms with Crippen LogP contribution >= 0.6 is 22.7 Å². The van der Waals surface area contributed by atoms with Crippen LogP contribution in [0.1, 0.15) is 47.5 Å². The van der Waals surface area contributed by atoms with Gasteiger partial charge >= 0.3 is 0 Å². The summed E-state index contributed by atoms with van der Waals surface area (Å²) in [5, 5.41) is 2.11. The van der Waals surface area contributed by atoms with E-state index in [0.29, 0.717) is 17.3 Å². The van der Waals surface area contributed by atoms with Gasteiger partial charge in [-0.05, 0) is 54.8 Å². The van der Waals surface area contributed by atoms with E-state index < -0.39 is 10.0 Å². The van der Waals surface area contributed by atoms with Gasteiger partial charge in [-0.15, -0.1) is 22.7 Å². The fraction of sp³-hybridized carbons (Fsp3) is 0.526. The minimum atomic E-state index is -3.40. The van der Waals surface area contributed by atoms with Crippen molar-refractivity contribution in [2.45, 2.75) is 49.3 Å². The average molecular weight is 425 g/mol. The summed E-state index contributed by atoms with van der Waals surface area (Å²) < 4.78 is 27.3. The third kappa shape index (κ3) is 3.60. The van der Waals surface area contributed by atoms with Crippen molar-refractivity contribution in [2.75, 3.05) is 19.6 Å². The van der Waals surface area contributed by atoms with E-state index in [-0.39, 0.29) is 18.4 Å².